The maximum Gasteiger partial charge on any atom is 0.419 e. The summed E-state index contributed by atoms with van der Waals surface area (Å²) in [5, 5.41) is 6.11. The molecular weight excluding hydrogens is 205 g/mol. The summed E-state index contributed by atoms with van der Waals surface area (Å²) < 4.78 is 37.8. The summed E-state index contributed by atoms with van der Waals surface area (Å²) in [5.74, 6) is 0. The van der Waals surface area contributed by atoms with Crippen molar-refractivity contribution in [2.24, 2.45) is 0 Å². The molecule has 0 fully saturated rings. The molecule has 1 N–H and O–H groups in total. The molecule has 0 aliphatic heterocycles. The van der Waals surface area contributed by atoms with Gasteiger partial charge in [0.15, 0.2) is 0 Å². The van der Waals surface area contributed by atoms with E-state index < -0.39 is 11.7 Å². The van der Waals surface area contributed by atoms with Crippen LogP contribution in [0.1, 0.15) is 43.1 Å². The second kappa shape index (κ2) is 4.68. The molecule has 1 rings (SSSR count). The maximum absolute atomic E-state index is 12.6. The molecule has 0 unspecified atom stereocenters. The van der Waals surface area contributed by atoms with E-state index in [-0.39, 0.29) is 11.4 Å². The smallest absolute Gasteiger partial charge is 0.282 e. The molecule has 0 spiro atoms. The number of nitrogens with one attached hydrogen (secondary N) is 1. The van der Waals surface area contributed by atoms with Crippen molar-refractivity contribution in [1.29, 1.82) is 0 Å². The van der Waals surface area contributed by atoms with Crippen molar-refractivity contribution >= 4 is 0 Å². The Kier molecular flexibility index (Phi) is 3.77. The van der Waals surface area contributed by atoms with Crippen LogP contribution >= 0.6 is 0 Å². The maximum atomic E-state index is 12.6. The van der Waals surface area contributed by atoms with Crippen LogP contribution in [-0.4, -0.2) is 10.2 Å². The first-order chi connectivity index (χ1) is 6.96. The summed E-state index contributed by atoms with van der Waals surface area (Å²) in [5.41, 5.74) is -0.332. The van der Waals surface area contributed by atoms with E-state index in [1.54, 1.807) is 0 Å². The van der Waals surface area contributed by atoms with E-state index in [1.165, 1.54) is 6.92 Å². The Morgan fingerprint density at radius 3 is 2.47 bits per heavy atom. The van der Waals surface area contributed by atoms with Crippen molar-refractivity contribution in [3.05, 3.63) is 17.0 Å². The van der Waals surface area contributed by atoms with E-state index in [0.29, 0.717) is 6.42 Å². The van der Waals surface area contributed by atoms with Gasteiger partial charge in [-0.05, 0) is 19.8 Å². The monoisotopic (exact) mass is 220 g/mol. The Hall–Kier alpha value is -1.00. The third-order valence-electron chi connectivity index (χ3n) is 2.32. The molecule has 1 heterocycles. The fraction of sp³-hybridized carbons (Fsp3) is 0.700. The number of nitrogens with zero attached hydrogens (tertiary/aromatic N) is 1. The van der Waals surface area contributed by atoms with E-state index in [1.807, 2.05) is 6.92 Å². The molecule has 0 saturated carbocycles. The van der Waals surface area contributed by atoms with Crippen LogP contribution in [0.3, 0.4) is 0 Å². The summed E-state index contributed by atoms with van der Waals surface area (Å²) >= 11 is 0. The Bertz CT molecular complexity index is 315. The number of hydrogen-bond acceptors (Lipinski definition) is 1. The van der Waals surface area contributed by atoms with Crippen LogP contribution in [0.15, 0.2) is 0 Å². The van der Waals surface area contributed by atoms with Gasteiger partial charge >= 0.3 is 6.18 Å². The van der Waals surface area contributed by atoms with Gasteiger partial charge in [-0.25, -0.2) is 0 Å². The van der Waals surface area contributed by atoms with Gasteiger partial charge in [0.05, 0.1) is 11.3 Å². The number of hydrogen-bond donors (Lipinski definition) is 1. The molecule has 0 aromatic carbocycles. The fourth-order valence-electron chi connectivity index (χ4n) is 1.58. The average molecular weight is 220 g/mol. The number of aromatic amines is 1. The first kappa shape index (κ1) is 12.1. The minimum Gasteiger partial charge on any atom is -0.282 e. The highest BCUT2D eigenvalue weighted by molar-refractivity contribution is 5.27. The molecule has 0 aliphatic carbocycles. The molecule has 2 nitrogen and oxygen atoms in total. The van der Waals surface area contributed by atoms with Crippen LogP contribution in [0.5, 0.6) is 0 Å². The van der Waals surface area contributed by atoms with Crippen LogP contribution in [0.4, 0.5) is 13.2 Å². The van der Waals surface area contributed by atoms with Gasteiger partial charge in [-0.15, -0.1) is 0 Å². The highest BCUT2D eigenvalue weighted by Crippen LogP contribution is 2.33. The van der Waals surface area contributed by atoms with E-state index in [2.05, 4.69) is 10.2 Å². The van der Waals surface area contributed by atoms with Gasteiger partial charge in [-0.3, -0.25) is 5.10 Å². The van der Waals surface area contributed by atoms with Crippen molar-refractivity contribution in [3.63, 3.8) is 0 Å². The summed E-state index contributed by atoms with van der Waals surface area (Å²) in [6.07, 6.45) is -1.22. The Labute approximate surface area is 86.9 Å². The van der Waals surface area contributed by atoms with Gasteiger partial charge in [0.2, 0.25) is 0 Å². The molecule has 1 aromatic rings. The lowest BCUT2D eigenvalue weighted by molar-refractivity contribution is -0.138. The molecule has 0 amide bonds. The lowest BCUT2D eigenvalue weighted by Crippen LogP contribution is -2.09. The van der Waals surface area contributed by atoms with Crippen molar-refractivity contribution in [2.75, 3.05) is 0 Å². The number of unbranched alkanes of at least 4 members (excludes halogenated alkanes) is 2. The number of rotatable bonds is 4. The van der Waals surface area contributed by atoms with Gasteiger partial charge in [0.1, 0.15) is 0 Å². The molecule has 0 saturated heterocycles. The predicted molar refractivity (Wildman–Crippen MR) is 51.6 cm³/mol. The van der Waals surface area contributed by atoms with E-state index in [0.717, 1.165) is 19.3 Å². The van der Waals surface area contributed by atoms with Crippen molar-refractivity contribution in [1.82, 2.24) is 10.2 Å². The van der Waals surface area contributed by atoms with Gasteiger partial charge in [0.25, 0.3) is 0 Å². The van der Waals surface area contributed by atoms with Crippen LogP contribution < -0.4 is 0 Å². The number of aryl methyl sites for hydroxylation is 2. The zero-order valence-electron chi connectivity index (χ0n) is 8.91. The van der Waals surface area contributed by atoms with Crippen molar-refractivity contribution in [2.45, 2.75) is 45.7 Å². The molecule has 15 heavy (non-hydrogen) atoms. The third-order valence-corrected chi connectivity index (χ3v) is 2.32. The number of aromatic nitrogens is 2. The summed E-state index contributed by atoms with van der Waals surface area (Å²) in [4.78, 5) is 0. The lowest BCUT2D eigenvalue weighted by Gasteiger charge is -2.07. The predicted octanol–water partition coefficient (Wildman–Crippen LogP) is 3.47. The van der Waals surface area contributed by atoms with Crippen molar-refractivity contribution in [3.8, 4) is 0 Å². The molecular formula is C10H15F3N2. The molecule has 0 atom stereocenters. The second-order valence-corrected chi connectivity index (χ2v) is 3.63. The van der Waals surface area contributed by atoms with Crippen molar-refractivity contribution < 1.29 is 13.2 Å². The van der Waals surface area contributed by atoms with Crippen LogP contribution in [0, 0.1) is 6.92 Å². The summed E-state index contributed by atoms with van der Waals surface area (Å²) in [7, 11) is 0. The topological polar surface area (TPSA) is 28.7 Å². The second-order valence-electron chi connectivity index (χ2n) is 3.63. The third kappa shape index (κ3) is 2.97. The van der Waals surface area contributed by atoms with E-state index >= 15 is 0 Å². The Morgan fingerprint density at radius 2 is 1.93 bits per heavy atom. The molecule has 0 radical (unpaired) electrons. The number of alkyl halides is 3. The zero-order chi connectivity index (χ0) is 11.5. The zero-order valence-corrected chi connectivity index (χ0v) is 8.91. The fourth-order valence-corrected chi connectivity index (χ4v) is 1.58. The van der Waals surface area contributed by atoms with Gasteiger partial charge in [-0.2, -0.15) is 18.3 Å². The number of halogens is 3. The molecule has 1 aromatic heterocycles. The molecule has 0 aliphatic rings. The van der Waals surface area contributed by atoms with Crippen LogP contribution in [0.25, 0.3) is 0 Å². The van der Waals surface area contributed by atoms with E-state index in [9.17, 15) is 13.2 Å². The Morgan fingerprint density at radius 1 is 1.27 bits per heavy atom. The quantitative estimate of drug-likeness (QED) is 0.773. The summed E-state index contributed by atoms with van der Waals surface area (Å²) in [6, 6.07) is 0. The Balaban J connectivity index is 2.80. The van der Waals surface area contributed by atoms with Crippen LogP contribution in [0.2, 0.25) is 0 Å². The normalized spacial score (nSPS) is 12.1. The SMILES string of the molecule is CCCCCc1n[nH]c(C)c1C(F)(F)F. The highest BCUT2D eigenvalue weighted by atomic mass is 19.4. The minimum absolute atomic E-state index is 0.106. The van der Waals surface area contributed by atoms with Gasteiger partial charge in [-0.1, -0.05) is 19.8 Å². The largest absolute Gasteiger partial charge is 0.419 e. The first-order valence-electron chi connectivity index (χ1n) is 5.07. The van der Waals surface area contributed by atoms with Gasteiger partial charge in [0, 0.05) is 5.69 Å². The molecule has 86 valence electrons. The summed E-state index contributed by atoms with van der Waals surface area (Å²) in [6.45, 7) is 3.42. The molecule has 5 heteroatoms. The molecule has 0 bridgehead atoms. The van der Waals surface area contributed by atoms with Crippen LogP contribution in [-0.2, 0) is 12.6 Å². The minimum atomic E-state index is -4.29. The lowest BCUT2D eigenvalue weighted by atomic mass is 10.1. The standard InChI is InChI=1S/C10H15F3N2/c1-3-4-5-6-8-9(10(11,12)13)7(2)14-15-8/h3-6H2,1-2H3,(H,14,15). The van der Waals surface area contributed by atoms with Gasteiger partial charge < -0.3 is 0 Å². The van der Waals surface area contributed by atoms with E-state index in [4.69, 9.17) is 0 Å². The first-order valence-corrected chi connectivity index (χ1v) is 5.07. The number of H-pyrrole nitrogens is 1. The highest BCUT2D eigenvalue weighted by Gasteiger charge is 2.36. The average Bonchev–Trinajstić information content (AvgIpc) is 2.47.